The number of methoxy groups -OCH3 is 1. The van der Waals surface area contributed by atoms with Crippen LogP contribution >= 0.6 is 23.1 Å². The molecule has 180 valence electrons. The topological polar surface area (TPSA) is 89.5 Å². The zero-order valence-corrected chi connectivity index (χ0v) is 21.2. The number of anilines is 2. The summed E-state index contributed by atoms with van der Waals surface area (Å²) in [6.07, 6.45) is 0. The average molecular weight is 508 g/mol. The lowest BCUT2D eigenvalue weighted by Crippen LogP contribution is -2.22. The van der Waals surface area contributed by atoms with Gasteiger partial charge in [0.25, 0.3) is 5.91 Å². The summed E-state index contributed by atoms with van der Waals surface area (Å²) < 4.78 is 12.3. The average Bonchev–Trinajstić information content (AvgIpc) is 3.26. The van der Waals surface area contributed by atoms with E-state index in [1.807, 2.05) is 56.3 Å². The maximum atomic E-state index is 12.7. The molecule has 4 rings (SSSR count). The van der Waals surface area contributed by atoms with Crippen LogP contribution in [0.25, 0.3) is 10.2 Å². The Morgan fingerprint density at radius 3 is 2.34 bits per heavy atom. The number of aromatic nitrogens is 1. The van der Waals surface area contributed by atoms with E-state index in [0.717, 1.165) is 20.3 Å². The summed E-state index contributed by atoms with van der Waals surface area (Å²) in [5.41, 5.74) is 2.75. The van der Waals surface area contributed by atoms with Gasteiger partial charge in [0.1, 0.15) is 11.5 Å². The van der Waals surface area contributed by atoms with Gasteiger partial charge in [-0.2, -0.15) is 0 Å². The lowest BCUT2D eigenvalue weighted by atomic mass is 10.2. The van der Waals surface area contributed by atoms with Crippen LogP contribution in [-0.2, 0) is 4.79 Å². The Hall–Kier alpha value is -3.56. The molecule has 2 amide bonds. The molecule has 0 fully saturated rings. The summed E-state index contributed by atoms with van der Waals surface area (Å²) >= 11 is 2.89. The van der Waals surface area contributed by atoms with E-state index in [1.54, 1.807) is 31.4 Å². The van der Waals surface area contributed by atoms with Crippen LogP contribution in [0.3, 0.4) is 0 Å². The molecule has 0 saturated carbocycles. The van der Waals surface area contributed by atoms with Crippen molar-refractivity contribution < 1.29 is 19.1 Å². The van der Waals surface area contributed by atoms with E-state index in [0.29, 0.717) is 29.3 Å². The number of thioether (sulfide) groups is 1. The molecule has 0 bridgehead atoms. The third-order valence-electron chi connectivity index (χ3n) is 5.06. The number of fused-ring (bicyclic) bond motifs is 1. The van der Waals surface area contributed by atoms with Gasteiger partial charge in [-0.15, -0.1) is 11.3 Å². The number of nitrogens with one attached hydrogen (secondary N) is 2. The van der Waals surface area contributed by atoms with Crippen molar-refractivity contribution >= 4 is 56.5 Å². The highest BCUT2D eigenvalue weighted by molar-refractivity contribution is 8.02. The van der Waals surface area contributed by atoms with E-state index >= 15 is 0 Å². The number of carbonyl (C=O) groups excluding carboxylic acids is 2. The van der Waals surface area contributed by atoms with E-state index in [9.17, 15) is 9.59 Å². The first kappa shape index (κ1) is 24.6. The first-order chi connectivity index (χ1) is 16.9. The number of hydrogen-bond acceptors (Lipinski definition) is 7. The number of thiazole rings is 1. The summed E-state index contributed by atoms with van der Waals surface area (Å²) in [6.45, 7) is 4.37. The summed E-state index contributed by atoms with van der Waals surface area (Å²) in [5, 5.41) is 5.50. The van der Waals surface area contributed by atoms with E-state index in [1.165, 1.54) is 23.1 Å². The summed E-state index contributed by atoms with van der Waals surface area (Å²) in [7, 11) is 1.58. The van der Waals surface area contributed by atoms with Crippen molar-refractivity contribution in [1.29, 1.82) is 0 Å². The fourth-order valence-electron chi connectivity index (χ4n) is 3.23. The number of amides is 2. The highest BCUT2D eigenvalue weighted by Crippen LogP contribution is 2.34. The van der Waals surface area contributed by atoms with Crippen LogP contribution in [0, 0.1) is 0 Å². The maximum absolute atomic E-state index is 12.7. The predicted octanol–water partition coefficient (Wildman–Crippen LogP) is 6.08. The van der Waals surface area contributed by atoms with Crippen LogP contribution in [0.15, 0.2) is 71.1 Å². The molecule has 1 heterocycles. The zero-order chi connectivity index (χ0) is 24.8. The molecule has 0 aliphatic carbocycles. The fourth-order valence-corrected chi connectivity index (χ4v) is 5.48. The Bertz CT molecular complexity index is 1320. The quantitative estimate of drug-likeness (QED) is 0.267. The molecule has 1 atom stereocenters. The Morgan fingerprint density at radius 2 is 1.66 bits per heavy atom. The van der Waals surface area contributed by atoms with Gasteiger partial charge in [-0.1, -0.05) is 11.8 Å². The fraction of sp³-hybridized carbons (Fsp3) is 0.192. The van der Waals surface area contributed by atoms with Gasteiger partial charge in [0.05, 0.1) is 29.2 Å². The molecule has 0 unspecified atom stereocenters. The van der Waals surface area contributed by atoms with Gasteiger partial charge in [0, 0.05) is 16.9 Å². The van der Waals surface area contributed by atoms with E-state index in [4.69, 9.17) is 9.47 Å². The van der Waals surface area contributed by atoms with Gasteiger partial charge < -0.3 is 20.1 Å². The molecular weight excluding hydrogens is 482 g/mol. The number of carbonyl (C=O) groups is 2. The predicted molar refractivity (Wildman–Crippen MR) is 142 cm³/mol. The molecule has 0 radical (unpaired) electrons. The molecule has 0 saturated heterocycles. The number of benzene rings is 3. The number of ether oxygens (including phenoxy) is 2. The third-order valence-corrected chi connectivity index (χ3v) is 7.27. The Balaban J connectivity index is 1.38. The molecule has 4 aromatic rings. The van der Waals surface area contributed by atoms with Gasteiger partial charge in [0.2, 0.25) is 5.91 Å². The van der Waals surface area contributed by atoms with Crippen LogP contribution in [0.5, 0.6) is 11.5 Å². The second kappa shape index (κ2) is 11.2. The summed E-state index contributed by atoms with van der Waals surface area (Å²) in [5.74, 6) is 1.15. The van der Waals surface area contributed by atoms with Crippen molar-refractivity contribution in [3.63, 3.8) is 0 Å². The minimum atomic E-state index is -0.337. The van der Waals surface area contributed by atoms with Crippen LogP contribution in [0.4, 0.5) is 11.4 Å². The normalized spacial score (nSPS) is 11.6. The van der Waals surface area contributed by atoms with E-state index < -0.39 is 0 Å². The Kier molecular flexibility index (Phi) is 7.89. The van der Waals surface area contributed by atoms with Crippen LogP contribution < -0.4 is 20.1 Å². The molecule has 0 aliphatic rings. The van der Waals surface area contributed by atoms with Gasteiger partial charge in [-0.25, -0.2) is 4.98 Å². The van der Waals surface area contributed by atoms with Gasteiger partial charge in [0.15, 0.2) is 4.34 Å². The van der Waals surface area contributed by atoms with E-state index in [-0.39, 0.29) is 17.1 Å². The largest absolute Gasteiger partial charge is 0.497 e. The van der Waals surface area contributed by atoms with Gasteiger partial charge >= 0.3 is 0 Å². The zero-order valence-electron chi connectivity index (χ0n) is 19.5. The second-order valence-electron chi connectivity index (χ2n) is 7.55. The van der Waals surface area contributed by atoms with Crippen molar-refractivity contribution in [2.45, 2.75) is 23.4 Å². The minimum Gasteiger partial charge on any atom is -0.497 e. The van der Waals surface area contributed by atoms with Crippen molar-refractivity contribution in [3.8, 4) is 11.5 Å². The molecule has 1 aromatic heterocycles. The molecule has 0 aliphatic heterocycles. The smallest absolute Gasteiger partial charge is 0.255 e. The second-order valence-corrected chi connectivity index (χ2v) is 10.2. The highest BCUT2D eigenvalue weighted by Gasteiger charge is 2.17. The molecule has 3 aromatic carbocycles. The summed E-state index contributed by atoms with van der Waals surface area (Å²) in [6, 6.07) is 19.8. The van der Waals surface area contributed by atoms with Crippen LogP contribution in [0.2, 0.25) is 0 Å². The molecular formula is C26H25N3O4S2. The number of hydrogen-bond donors (Lipinski definition) is 2. The molecule has 9 heteroatoms. The number of nitrogens with zero attached hydrogens (tertiary/aromatic N) is 1. The molecule has 7 nitrogen and oxygen atoms in total. The minimum absolute atomic E-state index is 0.106. The highest BCUT2D eigenvalue weighted by atomic mass is 32.2. The van der Waals surface area contributed by atoms with Crippen LogP contribution in [-0.4, -0.2) is 35.8 Å². The van der Waals surface area contributed by atoms with Crippen molar-refractivity contribution in [2.75, 3.05) is 24.4 Å². The SMILES string of the molecule is CCOc1ccc(NC(=O)[C@H](C)Sc2nc3ccc(NC(=O)c4ccc(OC)cc4)cc3s2)cc1. The lowest BCUT2D eigenvalue weighted by Gasteiger charge is -2.11. The molecule has 2 N–H and O–H groups in total. The first-order valence-electron chi connectivity index (χ1n) is 11.0. The maximum Gasteiger partial charge on any atom is 0.255 e. The van der Waals surface area contributed by atoms with E-state index in [2.05, 4.69) is 15.6 Å². The first-order valence-corrected chi connectivity index (χ1v) is 12.7. The van der Waals surface area contributed by atoms with Crippen molar-refractivity contribution in [3.05, 3.63) is 72.3 Å². The summed E-state index contributed by atoms with van der Waals surface area (Å²) in [4.78, 5) is 29.8. The molecule has 0 spiro atoms. The third kappa shape index (κ3) is 6.32. The Labute approximate surface area is 211 Å². The van der Waals surface area contributed by atoms with Gasteiger partial charge in [-0.3, -0.25) is 9.59 Å². The molecule has 35 heavy (non-hydrogen) atoms. The lowest BCUT2D eigenvalue weighted by molar-refractivity contribution is -0.115. The number of rotatable bonds is 9. The van der Waals surface area contributed by atoms with Crippen LogP contribution in [0.1, 0.15) is 24.2 Å². The Morgan fingerprint density at radius 1 is 0.971 bits per heavy atom. The van der Waals surface area contributed by atoms with Crippen molar-refractivity contribution in [2.24, 2.45) is 0 Å². The van der Waals surface area contributed by atoms with Crippen molar-refractivity contribution in [1.82, 2.24) is 4.98 Å². The monoisotopic (exact) mass is 507 g/mol. The standard InChI is InChI=1S/C26H25N3O4S2/c1-4-33-21-12-7-18(8-13-21)27-24(30)16(2)34-26-29-22-14-9-19(15-23(22)35-26)28-25(31)17-5-10-20(32-3)11-6-17/h5-16H,4H2,1-3H3,(H,27,30)(H,28,31)/t16-/m0/s1. The van der Waals surface area contributed by atoms with Gasteiger partial charge in [-0.05, 0) is 80.6 Å².